The first-order valence-electron chi connectivity index (χ1n) is 50.4. The van der Waals surface area contributed by atoms with E-state index in [4.69, 9.17) is 0 Å². The minimum Gasteiger partial charge on any atom is -0.310 e. The highest BCUT2D eigenvalue weighted by molar-refractivity contribution is 7.25. The standard InChI is InChI=1S/C140H91N5S/c1-5-36-94(37-6-1)107-46-13-15-48-109(107)115-52-19-28-61-129(115)141(102-75-68-92(69-76-102)97-74-85-138-120(88-97)118-54-21-34-67-137(118)146-138)106-80-83-114-112-51-18-23-56-122(112)140(128(114)91-106)125-59-26-32-65-134(125)145(135-66-33-27-60-126(135)140)104-45-35-40-96(86-104)98-73-84-131-119(87-98)117-81-72-99(89-136(117)143(131)100-41-9-3-10-42-100)93-70-77-103(78-71-93)142(130-62-29-20-53-116(130)110-49-16-14-47-108(110)95-38-7-2-8-39-95)105-79-82-113-111-50-17-22-55-121(111)139(127(113)90-105)123-57-24-30-63-132(123)144(101-43-11-4-12-44-101)133-64-31-25-58-124(133)139/h1-91H. The molecule has 2 aliphatic heterocycles. The van der Waals surface area contributed by atoms with E-state index in [1.54, 1.807) is 0 Å². The summed E-state index contributed by atoms with van der Waals surface area (Å²) in [6.07, 6.45) is 0. The number of benzene rings is 23. The maximum atomic E-state index is 2.53. The van der Waals surface area contributed by atoms with Crippen molar-refractivity contribution >= 4 is 122 Å². The number of fused-ring (bicyclic) bond motifs is 24. The van der Waals surface area contributed by atoms with E-state index in [0.29, 0.717) is 0 Å². The van der Waals surface area contributed by atoms with Gasteiger partial charge in [0, 0.05) is 81.9 Å². The highest BCUT2D eigenvalue weighted by Crippen LogP contribution is 2.67. The van der Waals surface area contributed by atoms with Gasteiger partial charge in [0.05, 0.1) is 56.0 Å². The van der Waals surface area contributed by atoms with E-state index < -0.39 is 10.8 Å². The van der Waals surface area contributed by atoms with Gasteiger partial charge in [-0.2, -0.15) is 0 Å². The molecule has 0 fully saturated rings. The molecule has 0 bridgehead atoms. The van der Waals surface area contributed by atoms with Gasteiger partial charge in [0.15, 0.2) is 0 Å². The van der Waals surface area contributed by atoms with Crippen LogP contribution in [0.15, 0.2) is 552 Å². The third kappa shape index (κ3) is 13.0. The van der Waals surface area contributed by atoms with Crippen LogP contribution in [0, 0.1) is 0 Å². The van der Waals surface area contributed by atoms with E-state index in [-0.39, 0.29) is 0 Å². The molecule has 23 aromatic carbocycles. The Kier molecular flexibility index (Phi) is 19.6. The summed E-state index contributed by atoms with van der Waals surface area (Å²) in [7, 11) is 0. The number of aromatic nitrogens is 1. The molecule has 0 radical (unpaired) electrons. The first-order valence-corrected chi connectivity index (χ1v) is 51.2. The molecule has 6 heteroatoms. The fourth-order valence-corrected chi connectivity index (χ4v) is 26.1. The predicted octanol–water partition coefficient (Wildman–Crippen LogP) is 38.1. The smallest absolute Gasteiger partial charge is 0.0755 e. The number of hydrogen-bond donors (Lipinski definition) is 0. The highest BCUT2D eigenvalue weighted by atomic mass is 32.1. The number of rotatable bonds is 16. The minimum absolute atomic E-state index is 0.677. The normalized spacial score (nSPS) is 13.0. The number of nitrogens with zero attached hydrogens (tertiary/aromatic N) is 5. The van der Waals surface area contributed by atoms with Crippen LogP contribution in [-0.2, 0) is 10.8 Å². The van der Waals surface area contributed by atoms with E-state index in [0.717, 1.165) is 135 Å². The van der Waals surface area contributed by atoms with E-state index in [2.05, 4.69) is 576 Å². The monoisotopic (exact) mass is 1870 g/mol. The van der Waals surface area contributed by atoms with Gasteiger partial charge in [-0.15, -0.1) is 11.3 Å². The molecule has 146 heavy (non-hydrogen) atoms. The van der Waals surface area contributed by atoms with Crippen molar-refractivity contribution in [3.05, 3.63) is 597 Å². The number of thiophene rings is 1. The van der Waals surface area contributed by atoms with E-state index in [1.807, 2.05) is 11.3 Å². The summed E-state index contributed by atoms with van der Waals surface area (Å²) in [6, 6.07) is 207. The second-order valence-corrected chi connectivity index (χ2v) is 39.8. The summed E-state index contributed by atoms with van der Waals surface area (Å²) in [4.78, 5) is 10.0. The lowest BCUT2D eigenvalue weighted by molar-refractivity contribution is 0.752. The molecule has 0 saturated heterocycles. The zero-order valence-electron chi connectivity index (χ0n) is 79.7. The quantitative estimate of drug-likeness (QED) is 0.0959. The molecular formula is C140H91N5S. The van der Waals surface area contributed by atoms with Gasteiger partial charge in [0.25, 0.3) is 0 Å². The van der Waals surface area contributed by atoms with Crippen molar-refractivity contribution in [2.24, 2.45) is 0 Å². The fraction of sp³-hybridized carbons (Fsp3) is 0.0143. The molecule has 2 aromatic heterocycles. The summed E-state index contributed by atoms with van der Waals surface area (Å²) < 4.78 is 5.07. The van der Waals surface area contributed by atoms with Crippen molar-refractivity contribution in [3.63, 3.8) is 0 Å². The largest absolute Gasteiger partial charge is 0.310 e. The topological polar surface area (TPSA) is 17.9 Å². The Morgan fingerprint density at radius 3 is 1.02 bits per heavy atom. The third-order valence-corrected chi connectivity index (χ3v) is 32.3. The van der Waals surface area contributed by atoms with E-state index in [9.17, 15) is 0 Å². The van der Waals surface area contributed by atoms with E-state index in [1.165, 1.54) is 126 Å². The second-order valence-electron chi connectivity index (χ2n) is 38.7. The van der Waals surface area contributed by atoms with Crippen LogP contribution >= 0.6 is 11.3 Å². The lowest BCUT2D eigenvalue weighted by atomic mass is 9.64. The molecule has 2 aliphatic carbocycles. The first-order chi connectivity index (χ1) is 72.4. The Labute approximate surface area is 852 Å². The highest BCUT2D eigenvalue weighted by Gasteiger charge is 2.54. The van der Waals surface area contributed by atoms with Gasteiger partial charge in [0.2, 0.25) is 0 Å². The van der Waals surface area contributed by atoms with Crippen LogP contribution < -0.4 is 19.6 Å². The lowest BCUT2D eigenvalue weighted by Gasteiger charge is -2.45. The van der Waals surface area contributed by atoms with Gasteiger partial charge < -0.3 is 24.2 Å². The maximum Gasteiger partial charge on any atom is 0.0755 e. The van der Waals surface area contributed by atoms with Gasteiger partial charge in [-0.25, -0.2) is 0 Å². The zero-order chi connectivity index (χ0) is 96.1. The van der Waals surface area contributed by atoms with Crippen LogP contribution in [-0.4, -0.2) is 4.57 Å². The van der Waals surface area contributed by atoms with Crippen LogP contribution in [0.4, 0.5) is 68.2 Å². The summed E-state index contributed by atoms with van der Waals surface area (Å²) in [5.74, 6) is 0. The van der Waals surface area contributed by atoms with Crippen molar-refractivity contribution in [1.29, 1.82) is 0 Å². The predicted molar refractivity (Wildman–Crippen MR) is 612 cm³/mol. The molecule has 2 spiro atoms. The Morgan fingerprint density at radius 2 is 0.507 bits per heavy atom. The molecule has 0 saturated carbocycles. The summed E-state index contributed by atoms with van der Waals surface area (Å²) in [6.45, 7) is 0. The number of hydrogen-bond acceptors (Lipinski definition) is 5. The van der Waals surface area contributed by atoms with Gasteiger partial charge in [-0.3, -0.25) is 0 Å². The first kappa shape index (κ1) is 84.2. The molecule has 0 amide bonds. The lowest BCUT2D eigenvalue weighted by Crippen LogP contribution is -2.36. The summed E-state index contributed by atoms with van der Waals surface area (Å²) in [5.41, 5.74) is 46.1. The minimum atomic E-state index is -0.748. The van der Waals surface area contributed by atoms with Gasteiger partial charge >= 0.3 is 0 Å². The van der Waals surface area contributed by atoms with Crippen molar-refractivity contribution < 1.29 is 0 Å². The molecule has 29 rings (SSSR count). The van der Waals surface area contributed by atoms with Crippen LogP contribution in [0.5, 0.6) is 0 Å². The fourth-order valence-electron chi connectivity index (χ4n) is 25.0. The Bertz CT molecular complexity index is 9440. The average Bonchev–Trinajstić information content (AvgIpc) is 1.52. The molecular weight excluding hydrogens is 1780 g/mol. The van der Waals surface area contributed by atoms with Crippen LogP contribution in [0.1, 0.15) is 44.5 Å². The molecule has 25 aromatic rings. The Morgan fingerprint density at radius 1 is 0.164 bits per heavy atom. The van der Waals surface area contributed by atoms with Gasteiger partial charge in [-0.1, -0.05) is 394 Å². The van der Waals surface area contributed by atoms with Crippen molar-refractivity contribution in [2.45, 2.75) is 10.8 Å². The van der Waals surface area contributed by atoms with E-state index >= 15 is 0 Å². The molecule has 0 N–H and O–H groups in total. The molecule has 0 atom stereocenters. The average molecular weight is 1880 g/mol. The summed E-state index contributed by atoms with van der Waals surface area (Å²) >= 11 is 1.86. The molecule has 682 valence electrons. The molecule has 5 nitrogen and oxygen atoms in total. The van der Waals surface area contributed by atoms with Crippen molar-refractivity contribution in [1.82, 2.24) is 4.57 Å². The second kappa shape index (κ2) is 34.0. The Hall–Kier alpha value is -18.7. The van der Waals surface area contributed by atoms with Crippen LogP contribution in [0.25, 0.3) is 148 Å². The van der Waals surface area contributed by atoms with Crippen LogP contribution in [0.2, 0.25) is 0 Å². The third-order valence-electron chi connectivity index (χ3n) is 31.2. The Balaban J connectivity index is 0.542. The molecule has 4 aliphatic rings. The molecule has 4 heterocycles. The SMILES string of the molecule is c1ccc(-c2ccccc2-c2ccccc2N(c2ccc(-c3ccc4c5cc(-c6cccc(N7c8ccccc8C8(c9ccccc9-c9ccc(N(c%10ccc(-c%11ccc%12sc%13ccccc%13c%12c%11)cc%10)c%10ccccc%10-c%10ccccc%10-c%10ccccc%10)cc98)c8ccccc87)c6)ccc5n(-c5ccccc5)c4c3)cc2)c2ccc3c(c2)C2(c4ccccc4-3)c3ccccc3N(c3ccccc3)c3ccccc32)cc1. The number of anilines is 12. The van der Waals surface area contributed by atoms with Crippen LogP contribution in [0.3, 0.4) is 0 Å². The van der Waals surface area contributed by atoms with Gasteiger partial charge in [0.1, 0.15) is 0 Å². The van der Waals surface area contributed by atoms with Crippen molar-refractivity contribution in [2.75, 3.05) is 19.6 Å². The zero-order valence-corrected chi connectivity index (χ0v) is 80.5. The van der Waals surface area contributed by atoms with Gasteiger partial charge in [-0.05, 0) is 291 Å². The van der Waals surface area contributed by atoms with Crippen molar-refractivity contribution in [3.8, 4) is 106 Å². The molecule has 0 unspecified atom stereocenters. The number of para-hydroxylation sites is 8. The summed E-state index contributed by atoms with van der Waals surface area (Å²) in [5, 5.41) is 4.94. The maximum absolute atomic E-state index is 2.53.